The van der Waals surface area contributed by atoms with Crippen LogP contribution in [0.25, 0.3) is 0 Å². The molecule has 31 heavy (non-hydrogen) atoms. The Labute approximate surface area is 182 Å². The van der Waals surface area contributed by atoms with Crippen LogP contribution in [-0.2, 0) is 9.53 Å². The average Bonchev–Trinajstić information content (AvgIpc) is 2.72. The SMILES string of the molecule is CC(C)c1ccc2c(c1)[C@H]1O[C@@H](COc3ccc(F)cc3)[C@@H](C(=O)O)C[C@@H]1C(C)(C)O2. The van der Waals surface area contributed by atoms with E-state index in [9.17, 15) is 14.3 Å². The first-order valence-corrected chi connectivity index (χ1v) is 10.7. The summed E-state index contributed by atoms with van der Waals surface area (Å²) in [4.78, 5) is 12.1. The van der Waals surface area contributed by atoms with Gasteiger partial charge in [0.05, 0.1) is 12.0 Å². The molecule has 0 saturated carbocycles. The van der Waals surface area contributed by atoms with E-state index in [1.165, 1.54) is 29.8 Å². The zero-order valence-corrected chi connectivity index (χ0v) is 18.3. The molecule has 5 nitrogen and oxygen atoms in total. The molecule has 0 aromatic heterocycles. The number of hydrogen-bond acceptors (Lipinski definition) is 4. The summed E-state index contributed by atoms with van der Waals surface area (Å²) in [7, 11) is 0. The van der Waals surface area contributed by atoms with Crippen molar-refractivity contribution in [2.24, 2.45) is 11.8 Å². The first-order chi connectivity index (χ1) is 14.7. The number of hydrogen-bond donors (Lipinski definition) is 1. The number of halogens is 1. The quantitative estimate of drug-likeness (QED) is 0.696. The minimum atomic E-state index is -0.913. The van der Waals surface area contributed by atoms with E-state index in [-0.39, 0.29) is 24.4 Å². The minimum absolute atomic E-state index is 0.0757. The van der Waals surface area contributed by atoms with Gasteiger partial charge in [0.15, 0.2) is 0 Å². The number of carbonyl (C=O) groups is 1. The summed E-state index contributed by atoms with van der Waals surface area (Å²) in [5.41, 5.74) is 1.59. The number of ether oxygens (including phenoxy) is 3. The van der Waals surface area contributed by atoms with E-state index in [2.05, 4.69) is 26.0 Å². The highest BCUT2D eigenvalue weighted by atomic mass is 19.1. The third-order valence-corrected chi connectivity index (χ3v) is 6.46. The van der Waals surface area contributed by atoms with Crippen molar-refractivity contribution < 1.29 is 28.5 Å². The van der Waals surface area contributed by atoms with E-state index in [0.717, 1.165) is 11.3 Å². The third kappa shape index (κ3) is 4.26. The zero-order chi connectivity index (χ0) is 22.3. The average molecular weight is 429 g/mol. The second-order valence-electron chi connectivity index (χ2n) is 9.30. The van der Waals surface area contributed by atoms with Crippen molar-refractivity contribution in [2.75, 3.05) is 6.61 Å². The molecule has 4 rings (SSSR count). The van der Waals surface area contributed by atoms with Crippen molar-refractivity contribution in [3.8, 4) is 11.5 Å². The molecule has 6 heteroatoms. The number of carboxylic acids is 1. The van der Waals surface area contributed by atoms with E-state index < -0.39 is 23.6 Å². The monoisotopic (exact) mass is 428 g/mol. The van der Waals surface area contributed by atoms with E-state index in [1.807, 2.05) is 19.9 Å². The maximum Gasteiger partial charge on any atom is 0.309 e. The molecule has 2 aliphatic heterocycles. The number of benzene rings is 2. The van der Waals surface area contributed by atoms with Gasteiger partial charge in [0, 0.05) is 11.5 Å². The topological polar surface area (TPSA) is 65.0 Å². The van der Waals surface area contributed by atoms with Gasteiger partial charge >= 0.3 is 5.97 Å². The van der Waals surface area contributed by atoms with Gasteiger partial charge < -0.3 is 19.3 Å². The van der Waals surface area contributed by atoms with Crippen LogP contribution in [-0.4, -0.2) is 29.4 Å². The Morgan fingerprint density at radius 3 is 2.58 bits per heavy atom. The van der Waals surface area contributed by atoms with Gasteiger partial charge in [-0.1, -0.05) is 19.9 Å². The molecule has 1 fully saturated rings. The molecular weight excluding hydrogens is 399 g/mol. The second kappa shape index (κ2) is 8.15. The summed E-state index contributed by atoms with van der Waals surface area (Å²) >= 11 is 0. The van der Waals surface area contributed by atoms with Gasteiger partial charge in [0.1, 0.15) is 35.6 Å². The molecule has 166 valence electrons. The maximum atomic E-state index is 13.2. The van der Waals surface area contributed by atoms with Crippen molar-refractivity contribution in [3.63, 3.8) is 0 Å². The Hall–Kier alpha value is -2.60. The number of rotatable bonds is 5. The first kappa shape index (κ1) is 21.6. The molecular formula is C25H29FO5. The Morgan fingerprint density at radius 2 is 1.94 bits per heavy atom. The largest absolute Gasteiger partial charge is 0.491 e. The molecule has 1 saturated heterocycles. The molecule has 1 N–H and O–H groups in total. The van der Waals surface area contributed by atoms with Gasteiger partial charge in [-0.15, -0.1) is 0 Å². The summed E-state index contributed by atoms with van der Waals surface area (Å²) in [5, 5.41) is 9.89. The zero-order valence-electron chi connectivity index (χ0n) is 18.3. The summed E-state index contributed by atoms with van der Waals surface area (Å²) in [6.07, 6.45) is -0.487. The lowest BCUT2D eigenvalue weighted by Gasteiger charge is -2.50. The number of carboxylic acid groups (broad SMARTS) is 1. The van der Waals surface area contributed by atoms with Crippen molar-refractivity contribution in [3.05, 3.63) is 59.4 Å². The van der Waals surface area contributed by atoms with Crippen LogP contribution in [0.4, 0.5) is 4.39 Å². The van der Waals surface area contributed by atoms with Crippen molar-refractivity contribution in [2.45, 2.75) is 57.8 Å². The number of fused-ring (bicyclic) bond motifs is 3. The first-order valence-electron chi connectivity index (χ1n) is 10.7. The molecule has 0 unspecified atom stereocenters. The standard InChI is InChI=1S/C25H29FO5/c1-14(2)15-5-10-21-18(11-15)23-20(25(3,4)31-21)12-19(24(27)28)22(30-23)13-29-17-8-6-16(26)7-9-17/h5-11,14,19-20,22-23H,12-13H2,1-4H3,(H,27,28)/t19-,20-,22-,23+/m0/s1. The summed E-state index contributed by atoms with van der Waals surface area (Å²) in [6, 6.07) is 11.8. The molecule has 2 aromatic rings. The van der Waals surface area contributed by atoms with Crippen molar-refractivity contribution >= 4 is 5.97 Å². The fourth-order valence-electron chi connectivity index (χ4n) is 4.59. The lowest BCUT2D eigenvalue weighted by Crippen LogP contribution is -2.53. The summed E-state index contributed by atoms with van der Waals surface area (Å²) in [5.74, 6) is -0.483. The highest BCUT2D eigenvalue weighted by Crippen LogP contribution is 2.52. The van der Waals surface area contributed by atoms with E-state index >= 15 is 0 Å². The van der Waals surface area contributed by atoms with E-state index in [0.29, 0.717) is 18.1 Å². The molecule has 2 heterocycles. The van der Waals surface area contributed by atoms with Gasteiger partial charge in [-0.2, -0.15) is 0 Å². The normalized spacial score (nSPS) is 26.5. The second-order valence-corrected chi connectivity index (χ2v) is 9.30. The maximum absolute atomic E-state index is 13.2. The van der Waals surface area contributed by atoms with Gasteiger partial charge in [-0.25, -0.2) is 4.39 Å². The predicted molar refractivity (Wildman–Crippen MR) is 114 cm³/mol. The van der Waals surface area contributed by atoms with Crippen molar-refractivity contribution in [1.82, 2.24) is 0 Å². The molecule has 0 spiro atoms. The van der Waals surface area contributed by atoms with Gasteiger partial charge in [-0.05, 0) is 68.1 Å². The summed E-state index contributed by atoms with van der Waals surface area (Å²) < 4.78 is 31.7. The van der Waals surface area contributed by atoms with Crippen LogP contribution >= 0.6 is 0 Å². The Bertz CT molecular complexity index is 953. The highest BCUT2D eigenvalue weighted by molar-refractivity contribution is 5.71. The smallest absolute Gasteiger partial charge is 0.309 e. The van der Waals surface area contributed by atoms with Gasteiger partial charge in [0.25, 0.3) is 0 Å². The Kier molecular flexibility index (Phi) is 5.69. The Balaban J connectivity index is 1.64. The molecule has 0 radical (unpaired) electrons. The fraction of sp³-hybridized carbons (Fsp3) is 0.480. The van der Waals surface area contributed by atoms with E-state index in [1.54, 1.807) is 0 Å². The minimum Gasteiger partial charge on any atom is -0.491 e. The predicted octanol–water partition coefficient (Wildman–Crippen LogP) is 5.35. The molecule has 0 bridgehead atoms. The Morgan fingerprint density at radius 1 is 1.23 bits per heavy atom. The van der Waals surface area contributed by atoms with Crippen LogP contribution < -0.4 is 9.47 Å². The lowest BCUT2D eigenvalue weighted by molar-refractivity contribution is -0.192. The fourth-order valence-corrected chi connectivity index (χ4v) is 4.59. The summed E-state index contributed by atoms with van der Waals surface area (Å²) in [6.45, 7) is 8.32. The molecule has 0 aliphatic carbocycles. The lowest BCUT2D eigenvalue weighted by atomic mass is 9.71. The van der Waals surface area contributed by atoms with Crippen molar-refractivity contribution in [1.29, 1.82) is 0 Å². The van der Waals surface area contributed by atoms with Crippen LogP contribution in [0.1, 0.15) is 57.3 Å². The van der Waals surface area contributed by atoms with Gasteiger partial charge in [-0.3, -0.25) is 4.79 Å². The van der Waals surface area contributed by atoms with E-state index in [4.69, 9.17) is 14.2 Å². The van der Waals surface area contributed by atoms with Crippen LogP contribution in [0.2, 0.25) is 0 Å². The van der Waals surface area contributed by atoms with Gasteiger partial charge in [0.2, 0.25) is 0 Å². The molecule has 2 aromatic carbocycles. The number of aliphatic carboxylic acids is 1. The highest BCUT2D eigenvalue weighted by Gasteiger charge is 2.52. The van der Waals surface area contributed by atoms with Crippen LogP contribution in [0.15, 0.2) is 42.5 Å². The molecule has 0 amide bonds. The molecule has 4 atom stereocenters. The third-order valence-electron chi connectivity index (χ3n) is 6.46. The molecule has 2 aliphatic rings. The van der Waals surface area contributed by atoms with Crippen LogP contribution in [0.5, 0.6) is 11.5 Å². The van der Waals surface area contributed by atoms with Crippen LogP contribution in [0.3, 0.4) is 0 Å². The van der Waals surface area contributed by atoms with Crippen LogP contribution in [0, 0.1) is 17.7 Å².